The molecule has 4 rings (SSSR count). The highest BCUT2D eigenvalue weighted by Crippen LogP contribution is 2.36. The Morgan fingerprint density at radius 3 is 2.59 bits per heavy atom. The maximum absolute atomic E-state index is 13.5. The molecule has 0 radical (unpaired) electrons. The number of alkyl halides is 3. The molecule has 0 saturated heterocycles. The van der Waals surface area contributed by atoms with Gasteiger partial charge in [0.15, 0.2) is 0 Å². The minimum Gasteiger partial charge on any atom is -0.342 e. The van der Waals surface area contributed by atoms with E-state index in [1.54, 1.807) is 18.3 Å². The Morgan fingerprint density at radius 1 is 1.09 bits per heavy atom. The number of pyridine rings is 1. The molecule has 0 unspecified atom stereocenters. The van der Waals surface area contributed by atoms with Gasteiger partial charge in [0, 0.05) is 24.3 Å². The molecule has 4 aromatic rings. The van der Waals surface area contributed by atoms with Crippen molar-refractivity contribution in [2.45, 2.75) is 19.6 Å². The van der Waals surface area contributed by atoms with Gasteiger partial charge in [-0.1, -0.05) is 6.07 Å². The molecule has 0 saturated carbocycles. The maximum atomic E-state index is 13.5. The van der Waals surface area contributed by atoms with Crippen molar-refractivity contribution in [2.24, 2.45) is 0 Å². The highest BCUT2D eigenvalue weighted by Gasteiger charge is 2.35. The van der Waals surface area contributed by atoms with Gasteiger partial charge in [-0.05, 0) is 43.3 Å². The smallest absolute Gasteiger partial charge is 0.342 e. The van der Waals surface area contributed by atoms with Crippen molar-refractivity contribution < 1.29 is 22.8 Å². The predicted molar refractivity (Wildman–Crippen MR) is 109 cm³/mol. The third-order valence-electron chi connectivity index (χ3n) is 4.71. The van der Waals surface area contributed by atoms with Crippen LogP contribution in [0.2, 0.25) is 0 Å². The Morgan fingerprint density at radius 2 is 1.91 bits per heavy atom. The number of hydrogen-bond acceptors (Lipinski definition) is 4. The summed E-state index contributed by atoms with van der Waals surface area (Å²) in [5.74, 6) is -2.30. The van der Waals surface area contributed by atoms with Crippen LogP contribution in [-0.4, -0.2) is 31.0 Å². The molecule has 0 aliphatic heterocycles. The van der Waals surface area contributed by atoms with E-state index in [9.17, 15) is 22.8 Å². The summed E-state index contributed by atoms with van der Waals surface area (Å²) in [5.41, 5.74) is 0.639. The number of carbonyl (C=O) groups excluding carboxylic acids is 2. The average molecular weight is 442 g/mol. The van der Waals surface area contributed by atoms with E-state index in [1.807, 2.05) is 28.8 Å². The first-order valence-corrected chi connectivity index (χ1v) is 9.46. The molecule has 3 aromatic heterocycles. The minimum atomic E-state index is -4.75. The normalized spacial score (nSPS) is 11.5. The Hall–Kier alpha value is -4.15. The van der Waals surface area contributed by atoms with Crippen LogP contribution in [-0.2, 0) is 22.3 Å². The Balaban J connectivity index is 1.47. The lowest BCUT2D eigenvalue weighted by Gasteiger charge is -2.15. The van der Waals surface area contributed by atoms with Gasteiger partial charge >= 0.3 is 18.0 Å². The van der Waals surface area contributed by atoms with Gasteiger partial charge in [0.05, 0.1) is 29.2 Å². The summed E-state index contributed by atoms with van der Waals surface area (Å²) in [6.45, 7) is 1.83. The highest BCUT2D eigenvalue weighted by atomic mass is 19.4. The van der Waals surface area contributed by atoms with Gasteiger partial charge in [-0.3, -0.25) is 9.59 Å². The molecule has 0 spiro atoms. The number of fused-ring (bicyclic) bond motifs is 1. The number of aryl methyl sites for hydroxylation is 1. The van der Waals surface area contributed by atoms with Crippen LogP contribution in [0.25, 0.3) is 11.3 Å². The predicted octanol–water partition coefficient (Wildman–Crippen LogP) is 3.10. The summed E-state index contributed by atoms with van der Waals surface area (Å²) >= 11 is 0. The van der Waals surface area contributed by atoms with Crippen molar-refractivity contribution in [3.8, 4) is 5.69 Å². The summed E-state index contributed by atoms with van der Waals surface area (Å²) in [6, 6.07) is 10.4. The third kappa shape index (κ3) is 4.31. The number of imidazole rings is 1. The van der Waals surface area contributed by atoms with E-state index in [2.05, 4.69) is 15.4 Å². The van der Waals surface area contributed by atoms with E-state index in [-0.39, 0.29) is 12.2 Å². The number of nitrogens with one attached hydrogen (secondary N) is 2. The minimum absolute atomic E-state index is 0.0578. The molecule has 3 heterocycles. The molecule has 164 valence electrons. The zero-order chi connectivity index (χ0) is 22.9. The lowest BCUT2D eigenvalue weighted by atomic mass is 10.1. The molecule has 0 bridgehead atoms. The van der Waals surface area contributed by atoms with Crippen LogP contribution in [0, 0.1) is 6.92 Å². The molecular formula is C21H17F3N6O2. The SMILES string of the molecule is Cc1cccc2nc(CNC(=O)C(=O)Nc3ccc(-n4cccn4)cc3C(F)(F)F)cn12. The molecule has 2 amide bonds. The first-order chi connectivity index (χ1) is 15.2. The lowest BCUT2D eigenvalue weighted by Crippen LogP contribution is -2.35. The van der Waals surface area contributed by atoms with Gasteiger partial charge in [0.1, 0.15) is 5.65 Å². The molecule has 1 aromatic carbocycles. The second kappa shape index (κ2) is 8.17. The van der Waals surface area contributed by atoms with Gasteiger partial charge in [-0.25, -0.2) is 9.67 Å². The number of rotatable bonds is 4. The zero-order valence-electron chi connectivity index (χ0n) is 16.7. The molecule has 0 aliphatic rings. The van der Waals surface area contributed by atoms with E-state index in [1.165, 1.54) is 23.1 Å². The second-order valence-electron chi connectivity index (χ2n) is 6.94. The van der Waals surface area contributed by atoms with Crippen molar-refractivity contribution in [2.75, 3.05) is 5.32 Å². The fourth-order valence-electron chi connectivity index (χ4n) is 3.15. The molecule has 0 fully saturated rings. The van der Waals surface area contributed by atoms with Crippen molar-refractivity contribution in [1.29, 1.82) is 0 Å². The highest BCUT2D eigenvalue weighted by molar-refractivity contribution is 6.39. The number of aromatic nitrogens is 4. The summed E-state index contributed by atoms with van der Waals surface area (Å²) < 4.78 is 43.7. The van der Waals surface area contributed by atoms with Crippen LogP contribution in [0.3, 0.4) is 0 Å². The van der Waals surface area contributed by atoms with Crippen molar-refractivity contribution in [3.63, 3.8) is 0 Å². The van der Waals surface area contributed by atoms with Crippen LogP contribution in [0.4, 0.5) is 18.9 Å². The van der Waals surface area contributed by atoms with Gasteiger partial charge in [0.2, 0.25) is 0 Å². The van der Waals surface area contributed by atoms with Crippen LogP contribution < -0.4 is 10.6 Å². The average Bonchev–Trinajstić information content (AvgIpc) is 3.42. The zero-order valence-corrected chi connectivity index (χ0v) is 16.7. The molecule has 2 N–H and O–H groups in total. The Kier molecular flexibility index (Phi) is 5.39. The second-order valence-corrected chi connectivity index (χ2v) is 6.94. The largest absolute Gasteiger partial charge is 0.418 e. The fourth-order valence-corrected chi connectivity index (χ4v) is 3.15. The van der Waals surface area contributed by atoms with Crippen LogP contribution in [0.15, 0.2) is 61.1 Å². The number of amides is 2. The number of anilines is 1. The van der Waals surface area contributed by atoms with E-state index in [0.29, 0.717) is 11.3 Å². The van der Waals surface area contributed by atoms with E-state index in [0.717, 1.165) is 17.8 Å². The monoisotopic (exact) mass is 442 g/mol. The van der Waals surface area contributed by atoms with E-state index >= 15 is 0 Å². The van der Waals surface area contributed by atoms with Gasteiger partial charge in [-0.15, -0.1) is 0 Å². The van der Waals surface area contributed by atoms with Crippen LogP contribution >= 0.6 is 0 Å². The third-order valence-corrected chi connectivity index (χ3v) is 4.71. The molecule has 0 aliphatic carbocycles. The van der Waals surface area contributed by atoms with Gasteiger partial charge in [-0.2, -0.15) is 18.3 Å². The summed E-state index contributed by atoms with van der Waals surface area (Å²) in [4.78, 5) is 28.7. The van der Waals surface area contributed by atoms with E-state index < -0.39 is 29.2 Å². The van der Waals surface area contributed by atoms with E-state index in [4.69, 9.17) is 0 Å². The first-order valence-electron chi connectivity index (χ1n) is 9.46. The van der Waals surface area contributed by atoms with Crippen molar-refractivity contribution in [3.05, 3.63) is 78.0 Å². The lowest BCUT2D eigenvalue weighted by molar-refractivity contribution is -0.138. The van der Waals surface area contributed by atoms with Gasteiger partial charge < -0.3 is 15.0 Å². The van der Waals surface area contributed by atoms with Gasteiger partial charge in [0.25, 0.3) is 0 Å². The van der Waals surface area contributed by atoms with Crippen LogP contribution in [0.1, 0.15) is 17.0 Å². The topological polar surface area (TPSA) is 93.3 Å². The number of hydrogen-bond donors (Lipinski definition) is 2. The molecule has 8 nitrogen and oxygen atoms in total. The van der Waals surface area contributed by atoms with Crippen molar-refractivity contribution in [1.82, 2.24) is 24.5 Å². The standard InChI is InChI=1S/C21H17F3N6O2/c1-13-4-2-5-18-27-14(12-29(13)18)11-25-19(31)20(32)28-17-7-6-15(30-9-3-8-26-30)10-16(17)21(22,23)24/h2-10,12H,11H2,1H3,(H,25,31)(H,28,32). The number of nitrogens with zero attached hydrogens (tertiary/aromatic N) is 4. The molecule has 11 heteroatoms. The number of carbonyl (C=O) groups is 2. The maximum Gasteiger partial charge on any atom is 0.418 e. The quantitative estimate of drug-likeness (QED) is 0.475. The summed E-state index contributed by atoms with van der Waals surface area (Å²) in [6.07, 6.45) is -0.130. The first kappa shape index (κ1) is 21.1. The molecule has 0 atom stereocenters. The van der Waals surface area contributed by atoms with Crippen molar-refractivity contribution >= 4 is 23.1 Å². The Labute approximate surface area is 179 Å². The summed E-state index contributed by atoms with van der Waals surface area (Å²) in [5, 5.41) is 8.30. The number of benzene rings is 1. The van der Waals surface area contributed by atoms with Crippen LogP contribution in [0.5, 0.6) is 0 Å². The summed E-state index contributed by atoms with van der Waals surface area (Å²) in [7, 11) is 0. The number of halogens is 3. The molecule has 32 heavy (non-hydrogen) atoms. The fraction of sp³-hybridized carbons (Fsp3) is 0.143. The Bertz CT molecular complexity index is 1290. The molecular weight excluding hydrogens is 425 g/mol.